The second-order valence-electron chi connectivity index (χ2n) is 6.38. The Morgan fingerprint density at radius 2 is 2.00 bits per heavy atom. The predicted molar refractivity (Wildman–Crippen MR) is 92.6 cm³/mol. The summed E-state index contributed by atoms with van der Waals surface area (Å²) in [6.07, 6.45) is 2.63. The first-order chi connectivity index (χ1) is 11.2. The summed E-state index contributed by atoms with van der Waals surface area (Å²) in [5, 5.41) is 12.8. The van der Waals surface area contributed by atoms with Crippen molar-refractivity contribution in [2.24, 2.45) is 5.92 Å². The quantitative estimate of drug-likeness (QED) is 0.888. The van der Waals surface area contributed by atoms with Gasteiger partial charge in [0.25, 0.3) is 0 Å². The minimum Gasteiger partial charge on any atom is -0.394 e. The summed E-state index contributed by atoms with van der Waals surface area (Å²) in [5.41, 5.74) is 2.79. The molecule has 3 rings (SSSR count). The highest BCUT2D eigenvalue weighted by Crippen LogP contribution is 2.24. The third-order valence-corrected chi connectivity index (χ3v) is 4.44. The zero-order valence-corrected chi connectivity index (χ0v) is 13.7. The molecule has 1 aromatic heterocycles. The van der Waals surface area contributed by atoms with Crippen LogP contribution in [0.1, 0.15) is 25.0 Å². The van der Waals surface area contributed by atoms with Crippen molar-refractivity contribution in [1.29, 1.82) is 0 Å². The van der Waals surface area contributed by atoms with E-state index in [1.807, 2.05) is 6.07 Å². The van der Waals surface area contributed by atoms with Crippen LogP contribution in [0.15, 0.2) is 36.7 Å². The highest BCUT2D eigenvalue weighted by molar-refractivity contribution is 5.51. The molecule has 0 fully saturated rings. The van der Waals surface area contributed by atoms with Crippen LogP contribution in [0.5, 0.6) is 0 Å². The Bertz CT molecular complexity index is 659. The van der Waals surface area contributed by atoms with Crippen molar-refractivity contribution in [3.05, 3.63) is 47.8 Å². The molecule has 0 saturated carbocycles. The van der Waals surface area contributed by atoms with Gasteiger partial charge in [-0.2, -0.15) is 0 Å². The van der Waals surface area contributed by atoms with Crippen LogP contribution in [0.25, 0.3) is 0 Å². The first kappa shape index (κ1) is 15.7. The van der Waals surface area contributed by atoms with E-state index in [1.165, 1.54) is 11.1 Å². The number of nitrogens with zero attached hydrogens (tertiary/aromatic N) is 3. The van der Waals surface area contributed by atoms with Crippen molar-refractivity contribution in [2.75, 3.05) is 23.4 Å². The van der Waals surface area contributed by atoms with Crippen molar-refractivity contribution in [3.8, 4) is 0 Å². The smallest absolute Gasteiger partial charge is 0.134 e. The summed E-state index contributed by atoms with van der Waals surface area (Å²) in [6.45, 7) is 6.09. The molecule has 2 heterocycles. The Labute approximate surface area is 137 Å². The summed E-state index contributed by atoms with van der Waals surface area (Å²) in [4.78, 5) is 11.0. The second kappa shape index (κ2) is 6.96. The Morgan fingerprint density at radius 1 is 1.22 bits per heavy atom. The number of benzene rings is 1. The van der Waals surface area contributed by atoms with Gasteiger partial charge in [0.15, 0.2) is 0 Å². The van der Waals surface area contributed by atoms with Gasteiger partial charge in [0.2, 0.25) is 0 Å². The number of aromatic nitrogens is 2. The maximum absolute atomic E-state index is 9.47. The van der Waals surface area contributed by atoms with E-state index in [9.17, 15) is 5.11 Å². The molecule has 122 valence electrons. The van der Waals surface area contributed by atoms with Crippen LogP contribution >= 0.6 is 0 Å². The van der Waals surface area contributed by atoms with Gasteiger partial charge in [0.1, 0.15) is 18.0 Å². The molecular weight excluding hydrogens is 288 g/mol. The Morgan fingerprint density at radius 3 is 2.74 bits per heavy atom. The van der Waals surface area contributed by atoms with Gasteiger partial charge >= 0.3 is 0 Å². The molecule has 0 bridgehead atoms. The fourth-order valence-corrected chi connectivity index (χ4v) is 2.90. The fourth-order valence-electron chi connectivity index (χ4n) is 2.90. The van der Waals surface area contributed by atoms with Gasteiger partial charge < -0.3 is 15.3 Å². The molecule has 0 aliphatic carbocycles. The van der Waals surface area contributed by atoms with Gasteiger partial charge in [-0.3, -0.25) is 0 Å². The van der Waals surface area contributed by atoms with Crippen LogP contribution in [-0.2, 0) is 13.0 Å². The van der Waals surface area contributed by atoms with Crippen LogP contribution < -0.4 is 10.2 Å². The van der Waals surface area contributed by atoms with Gasteiger partial charge in [0, 0.05) is 19.2 Å². The number of hydrogen-bond donors (Lipinski definition) is 2. The van der Waals surface area contributed by atoms with Crippen LogP contribution in [0.2, 0.25) is 0 Å². The summed E-state index contributed by atoms with van der Waals surface area (Å²) in [6, 6.07) is 10.5. The summed E-state index contributed by atoms with van der Waals surface area (Å²) >= 11 is 0. The van der Waals surface area contributed by atoms with Crippen molar-refractivity contribution >= 4 is 11.6 Å². The van der Waals surface area contributed by atoms with Crippen molar-refractivity contribution < 1.29 is 5.11 Å². The number of aliphatic hydroxyl groups excluding tert-OH is 1. The lowest BCUT2D eigenvalue weighted by Crippen LogP contribution is -2.32. The topological polar surface area (TPSA) is 61.3 Å². The average molecular weight is 312 g/mol. The first-order valence-corrected chi connectivity index (χ1v) is 8.18. The number of rotatable bonds is 5. The van der Waals surface area contributed by atoms with Crippen molar-refractivity contribution in [3.63, 3.8) is 0 Å². The lowest BCUT2D eigenvalue weighted by atomic mass is 10.00. The maximum atomic E-state index is 9.47. The van der Waals surface area contributed by atoms with E-state index < -0.39 is 0 Å². The Kier molecular flexibility index (Phi) is 4.76. The summed E-state index contributed by atoms with van der Waals surface area (Å²) < 4.78 is 0. The standard InChI is InChI=1S/C18H24N4O/c1-13(2)16(11-23)21-17-9-18(20-12-19-17)22-8-7-14-5-3-4-6-15(14)10-22/h3-6,9,12-13,16,23H,7-8,10-11H2,1-2H3,(H,19,20,21)/t16-/m1/s1. The van der Waals surface area contributed by atoms with Crippen LogP contribution in [-0.4, -0.2) is 34.3 Å². The molecule has 0 amide bonds. The molecular formula is C18H24N4O. The monoisotopic (exact) mass is 312 g/mol. The lowest BCUT2D eigenvalue weighted by Gasteiger charge is -2.30. The zero-order chi connectivity index (χ0) is 16.2. The molecule has 0 saturated heterocycles. The average Bonchev–Trinajstić information content (AvgIpc) is 2.59. The SMILES string of the molecule is CC(C)[C@@H](CO)Nc1cc(N2CCc3ccccc3C2)ncn1. The zero-order valence-electron chi connectivity index (χ0n) is 13.7. The highest BCUT2D eigenvalue weighted by Gasteiger charge is 2.18. The molecule has 1 aliphatic heterocycles. The van der Waals surface area contributed by atoms with E-state index in [4.69, 9.17) is 0 Å². The molecule has 2 N–H and O–H groups in total. The summed E-state index contributed by atoms with van der Waals surface area (Å²) in [5.74, 6) is 2.03. The van der Waals surface area contributed by atoms with Crippen molar-refractivity contribution in [2.45, 2.75) is 32.9 Å². The minimum atomic E-state index is -0.000156. The molecule has 1 atom stereocenters. The molecule has 1 aromatic carbocycles. The highest BCUT2D eigenvalue weighted by atomic mass is 16.3. The van der Waals surface area contributed by atoms with Crippen LogP contribution in [0.4, 0.5) is 11.6 Å². The maximum Gasteiger partial charge on any atom is 0.134 e. The van der Waals surface area contributed by atoms with Gasteiger partial charge in [-0.15, -0.1) is 0 Å². The largest absolute Gasteiger partial charge is 0.394 e. The van der Waals surface area contributed by atoms with E-state index in [1.54, 1.807) is 6.33 Å². The molecule has 0 spiro atoms. The third kappa shape index (κ3) is 3.62. The van der Waals surface area contributed by atoms with E-state index in [-0.39, 0.29) is 12.6 Å². The number of aliphatic hydroxyl groups is 1. The molecule has 0 radical (unpaired) electrons. The van der Waals surface area contributed by atoms with Gasteiger partial charge in [-0.25, -0.2) is 9.97 Å². The predicted octanol–water partition coefficient (Wildman–Crippen LogP) is 2.47. The first-order valence-electron chi connectivity index (χ1n) is 8.18. The molecule has 0 unspecified atom stereocenters. The van der Waals surface area contributed by atoms with Gasteiger partial charge in [-0.1, -0.05) is 38.1 Å². The van der Waals surface area contributed by atoms with Crippen LogP contribution in [0, 0.1) is 5.92 Å². The number of nitrogens with one attached hydrogen (secondary N) is 1. The second-order valence-corrected chi connectivity index (χ2v) is 6.38. The minimum absolute atomic E-state index is 0.000156. The van der Waals surface area contributed by atoms with Gasteiger partial charge in [-0.05, 0) is 23.5 Å². The molecule has 1 aliphatic rings. The number of hydrogen-bond acceptors (Lipinski definition) is 5. The fraction of sp³-hybridized carbons (Fsp3) is 0.444. The normalized spacial score (nSPS) is 15.4. The summed E-state index contributed by atoms with van der Waals surface area (Å²) in [7, 11) is 0. The van der Waals surface area contributed by atoms with E-state index in [2.05, 4.69) is 58.3 Å². The van der Waals surface area contributed by atoms with Crippen LogP contribution in [0.3, 0.4) is 0 Å². The molecule has 5 heteroatoms. The van der Waals surface area contributed by atoms with Crippen molar-refractivity contribution in [1.82, 2.24) is 9.97 Å². The lowest BCUT2D eigenvalue weighted by molar-refractivity contribution is 0.249. The number of anilines is 2. The molecule has 2 aromatic rings. The van der Waals surface area contributed by atoms with E-state index in [0.29, 0.717) is 5.92 Å². The molecule has 5 nitrogen and oxygen atoms in total. The van der Waals surface area contributed by atoms with Gasteiger partial charge in [0.05, 0.1) is 12.6 Å². The third-order valence-electron chi connectivity index (χ3n) is 4.44. The van der Waals surface area contributed by atoms with E-state index >= 15 is 0 Å². The Hall–Kier alpha value is -2.14. The van der Waals surface area contributed by atoms with E-state index in [0.717, 1.165) is 31.1 Å². The number of fused-ring (bicyclic) bond motifs is 1. The Balaban J connectivity index is 1.76. The molecule has 23 heavy (non-hydrogen) atoms.